The van der Waals surface area contributed by atoms with Gasteiger partial charge in [0.2, 0.25) is 0 Å². The Labute approximate surface area is 78.8 Å². The fraction of sp³-hybridized carbons (Fsp3) is 1.00. The third kappa shape index (κ3) is 3.36. The lowest BCUT2D eigenvalue weighted by Crippen LogP contribution is -2.37. The minimum absolute atomic E-state index is 0.0393. The highest BCUT2D eigenvalue weighted by Crippen LogP contribution is 2.18. The van der Waals surface area contributed by atoms with E-state index in [1.807, 2.05) is 0 Å². The van der Waals surface area contributed by atoms with E-state index in [2.05, 4.69) is 29.7 Å². The Bertz CT molecular complexity index is 222. The van der Waals surface area contributed by atoms with E-state index in [1.165, 1.54) is 0 Å². The molecule has 0 aromatic carbocycles. The Balaban J connectivity index is 2.53. The van der Waals surface area contributed by atoms with Gasteiger partial charge in [-0.2, -0.15) is 0 Å². The molecule has 0 saturated carbocycles. The first-order valence-corrected chi connectivity index (χ1v) is 7.73. The summed E-state index contributed by atoms with van der Waals surface area (Å²) in [5.74, 6) is 0. The molecule has 1 heterocycles. The van der Waals surface area contributed by atoms with E-state index in [0.717, 1.165) is 0 Å². The first kappa shape index (κ1) is 10.5. The predicted octanol–water partition coefficient (Wildman–Crippen LogP) is 1.92. The molecule has 74 valence electrons. The molecule has 0 amide bonds. The van der Waals surface area contributed by atoms with E-state index in [0.29, 0.717) is 13.2 Å². The lowest BCUT2D eigenvalue weighted by atomic mass is 10.2. The van der Waals surface area contributed by atoms with Gasteiger partial charge in [0.25, 0.3) is 0 Å². The monoisotopic (exact) mass is 201 g/mol. The number of rotatable bonds is 3. The zero-order valence-electron chi connectivity index (χ0n) is 8.23. The van der Waals surface area contributed by atoms with Gasteiger partial charge in [-0.25, -0.2) is 0 Å². The standard InChI is InChI=1S/C7H15N3O2Si/c1-13(2,3)12-7-5-11-4-6(7)9-10-8/h6-7H,4-5H2,1-3H3/t6-,7+/m1/s1. The van der Waals surface area contributed by atoms with Crippen molar-refractivity contribution in [1.82, 2.24) is 0 Å². The number of hydrogen-bond acceptors (Lipinski definition) is 3. The fourth-order valence-electron chi connectivity index (χ4n) is 1.26. The van der Waals surface area contributed by atoms with Crippen LogP contribution in [0.3, 0.4) is 0 Å². The smallest absolute Gasteiger partial charge is 0.184 e. The van der Waals surface area contributed by atoms with Gasteiger partial charge in [0.1, 0.15) is 0 Å². The summed E-state index contributed by atoms with van der Waals surface area (Å²) >= 11 is 0. The number of azide groups is 1. The van der Waals surface area contributed by atoms with Gasteiger partial charge in [-0.05, 0) is 25.2 Å². The molecule has 1 aliphatic heterocycles. The highest BCUT2D eigenvalue weighted by atomic mass is 28.4. The van der Waals surface area contributed by atoms with Crippen LogP contribution in [0.25, 0.3) is 10.4 Å². The Morgan fingerprint density at radius 1 is 1.46 bits per heavy atom. The SMILES string of the molecule is C[Si](C)(C)O[C@H]1COC[C@H]1N=[N+]=[N-]. The molecule has 13 heavy (non-hydrogen) atoms. The van der Waals surface area contributed by atoms with Crippen LogP contribution in [0.4, 0.5) is 0 Å². The molecule has 5 nitrogen and oxygen atoms in total. The second kappa shape index (κ2) is 4.10. The van der Waals surface area contributed by atoms with Crippen LogP contribution in [-0.2, 0) is 9.16 Å². The van der Waals surface area contributed by atoms with Crippen molar-refractivity contribution in [2.24, 2.45) is 5.11 Å². The maximum Gasteiger partial charge on any atom is 0.184 e. The zero-order valence-corrected chi connectivity index (χ0v) is 9.23. The van der Waals surface area contributed by atoms with E-state index < -0.39 is 8.32 Å². The molecule has 0 unspecified atom stereocenters. The Hall–Kier alpha value is -0.553. The first-order chi connectivity index (χ1) is 6.03. The molecule has 6 heteroatoms. The van der Waals surface area contributed by atoms with Crippen LogP contribution in [-0.4, -0.2) is 33.7 Å². The lowest BCUT2D eigenvalue weighted by molar-refractivity contribution is 0.136. The molecule has 0 aliphatic carbocycles. The summed E-state index contributed by atoms with van der Waals surface area (Å²) in [5, 5.41) is 3.64. The topological polar surface area (TPSA) is 67.2 Å². The maximum absolute atomic E-state index is 8.30. The van der Waals surface area contributed by atoms with Gasteiger partial charge in [-0.15, -0.1) is 0 Å². The van der Waals surface area contributed by atoms with Crippen molar-refractivity contribution in [3.05, 3.63) is 10.4 Å². The van der Waals surface area contributed by atoms with E-state index >= 15 is 0 Å². The van der Waals surface area contributed by atoms with E-state index in [1.54, 1.807) is 0 Å². The van der Waals surface area contributed by atoms with Crippen LogP contribution in [0.15, 0.2) is 5.11 Å². The first-order valence-electron chi connectivity index (χ1n) is 4.33. The van der Waals surface area contributed by atoms with Crippen LogP contribution >= 0.6 is 0 Å². The molecule has 0 radical (unpaired) electrons. The summed E-state index contributed by atoms with van der Waals surface area (Å²) in [6, 6.07) is -0.142. The Morgan fingerprint density at radius 2 is 2.15 bits per heavy atom. The van der Waals surface area contributed by atoms with Crippen LogP contribution in [0.1, 0.15) is 0 Å². The predicted molar refractivity (Wildman–Crippen MR) is 52.0 cm³/mol. The molecule has 0 bridgehead atoms. The van der Waals surface area contributed by atoms with Gasteiger partial charge in [0.05, 0.1) is 25.4 Å². The molecule has 0 spiro atoms. The highest BCUT2D eigenvalue weighted by Gasteiger charge is 2.32. The van der Waals surface area contributed by atoms with Gasteiger partial charge < -0.3 is 9.16 Å². The summed E-state index contributed by atoms with van der Waals surface area (Å²) in [4.78, 5) is 2.78. The Kier molecular flexibility index (Phi) is 3.32. The summed E-state index contributed by atoms with van der Waals surface area (Å²) in [6.45, 7) is 7.36. The number of hydrogen-bond donors (Lipinski definition) is 0. The van der Waals surface area contributed by atoms with E-state index in [9.17, 15) is 0 Å². The van der Waals surface area contributed by atoms with Crippen molar-refractivity contribution in [2.75, 3.05) is 13.2 Å². The zero-order chi connectivity index (χ0) is 9.90. The summed E-state index contributed by atoms with van der Waals surface area (Å²) in [5.41, 5.74) is 8.30. The van der Waals surface area contributed by atoms with Gasteiger partial charge in [-0.1, -0.05) is 5.11 Å². The lowest BCUT2D eigenvalue weighted by Gasteiger charge is -2.24. The Morgan fingerprint density at radius 3 is 2.69 bits per heavy atom. The largest absolute Gasteiger partial charge is 0.412 e. The number of ether oxygens (including phenoxy) is 1. The van der Waals surface area contributed by atoms with Crippen LogP contribution in [0, 0.1) is 0 Å². The minimum Gasteiger partial charge on any atom is -0.412 e. The van der Waals surface area contributed by atoms with Gasteiger partial charge in [-0.3, -0.25) is 0 Å². The summed E-state index contributed by atoms with van der Waals surface area (Å²) in [7, 11) is -1.56. The van der Waals surface area contributed by atoms with E-state index in [4.69, 9.17) is 14.7 Å². The maximum atomic E-state index is 8.30. The fourth-order valence-corrected chi connectivity index (χ4v) is 2.40. The minimum atomic E-state index is -1.56. The van der Waals surface area contributed by atoms with Gasteiger partial charge >= 0.3 is 0 Å². The van der Waals surface area contributed by atoms with Crippen molar-refractivity contribution in [3.8, 4) is 0 Å². The molecular weight excluding hydrogens is 186 g/mol. The second-order valence-electron chi connectivity index (χ2n) is 4.08. The molecular formula is C7H15N3O2Si. The third-order valence-corrected chi connectivity index (χ3v) is 2.71. The molecule has 0 aromatic rings. The average Bonchev–Trinajstić information content (AvgIpc) is 2.34. The summed E-state index contributed by atoms with van der Waals surface area (Å²) < 4.78 is 11.0. The van der Waals surface area contributed by atoms with Crippen molar-refractivity contribution in [2.45, 2.75) is 31.8 Å². The average molecular weight is 201 g/mol. The number of nitrogens with zero attached hydrogens (tertiary/aromatic N) is 3. The van der Waals surface area contributed by atoms with E-state index in [-0.39, 0.29) is 12.1 Å². The normalized spacial score (nSPS) is 28.5. The van der Waals surface area contributed by atoms with Crippen molar-refractivity contribution in [3.63, 3.8) is 0 Å². The molecule has 1 rings (SSSR count). The van der Waals surface area contributed by atoms with Crippen LogP contribution in [0.2, 0.25) is 19.6 Å². The molecule has 0 aromatic heterocycles. The second-order valence-corrected chi connectivity index (χ2v) is 8.54. The third-order valence-electron chi connectivity index (χ3n) is 1.70. The van der Waals surface area contributed by atoms with Crippen LogP contribution in [0.5, 0.6) is 0 Å². The van der Waals surface area contributed by atoms with Crippen LogP contribution < -0.4 is 0 Å². The molecule has 1 fully saturated rings. The van der Waals surface area contributed by atoms with Crippen molar-refractivity contribution in [1.29, 1.82) is 0 Å². The molecule has 1 saturated heterocycles. The highest BCUT2D eigenvalue weighted by molar-refractivity contribution is 6.69. The molecule has 2 atom stereocenters. The van der Waals surface area contributed by atoms with Crippen molar-refractivity contribution >= 4 is 8.32 Å². The quantitative estimate of drug-likeness (QED) is 0.303. The van der Waals surface area contributed by atoms with Gasteiger partial charge in [0, 0.05) is 4.91 Å². The summed E-state index contributed by atoms with van der Waals surface area (Å²) in [6.07, 6.45) is -0.0393. The molecule has 1 aliphatic rings. The van der Waals surface area contributed by atoms with Gasteiger partial charge in [0.15, 0.2) is 8.32 Å². The molecule has 0 N–H and O–H groups in total. The van der Waals surface area contributed by atoms with Crippen molar-refractivity contribution < 1.29 is 9.16 Å².